The molecule has 4 heteroatoms. The summed E-state index contributed by atoms with van der Waals surface area (Å²) in [6.45, 7) is 3.04. The van der Waals surface area contributed by atoms with Gasteiger partial charge in [-0.1, -0.05) is 0 Å². The zero-order valence-electron chi connectivity index (χ0n) is 9.43. The molecule has 0 spiro atoms. The highest BCUT2D eigenvalue weighted by molar-refractivity contribution is 5.94. The van der Waals surface area contributed by atoms with Crippen LogP contribution in [0.4, 0.5) is 0 Å². The Hall–Kier alpha value is -1.39. The fourth-order valence-corrected chi connectivity index (χ4v) is 1.27. The fourth-order valence-electron chi connectivity index (χ4n) is 1.27. The van der Waals surface area contributed by atoms with E-state index in [0.717, 1.165) is 5.56 Å². The van der Waals surface area contributed by atoms with Crippen molar-refractivity contribution in [1.82, 2.24) is 0 Å². The van der Waals surface area contributed by atoms with E-state index in [1.807, 2.05) is 6.92 Å². The lowest BCUT2D eigenvalue weighted by Crippen LogP contribution is -2.21. The number of Topliss-reactive ketones (excluding diaryl/α,β-unsaturated/α-hetero) is 1. The van der Waals surface area contributed by atoms with Crippen molar-refractivity contribution in [2.24, 2.45) is 0 Å². The first-order chi connectivity index (χ1) is 7.54. The summed E-state index contributed by atoms with van der Waals surface area (Å²) in [5, 5.41) is 17.7. The van der Waals surface area contributed by atoms with Crippen LogP contribution in [0.1, 0.15) is 22.8 Å². The lowest BCUT2D eigenvalue weighted by Gasteiger charge is -2.12. The largest absolute Gasteiger partial charge is 0.491 e. The molecule has 0 amide bonds. The minimum atomic E-state index is -0.883. The Balaban J connectivity index is 2.72. The van der Waals surface area contributed by atoms with E-state index in [0.29, 0.717) is 11.3 Å². The van der Waals surface area contributed by atoms with Crippen molar-refractivity contribution >= 4 is 5.78 Å². The van der Waals surface area contributed by atoms with Gasteiger partial charge >= 0.3 is 0 Å². The summed E-state index contributed by atoms with van der Waals surface area (Å²) in [6.07, 6.45) is -0.883. The van der Waals surface area contributed by atoms with Crippen LogP contribution in [0.5, 0.6) is 5.75 Å². The minimum Gasteiger partial charge on any atom is -0.491 e. The normalized spacial score (nSPS) is 12.2. The van der Waals surface area contributed by atoms with Gasteiger partial charge in [0.25, 0.3) is 0 Å². The SMILES string of the molecule is CC(=O)c1ccc(OCC(O)CO)c(C)c1. The molecule has 4 nitrogen and oxygen atoms in total. The molecule has 16 heavy (non-hydrogen) atoms. The summed E-state index contributed by atoms with van der Waals surface area (Å²) >= 11 is 0. The van der Waals surface area contributed by atoms with Gasteiger partial charge in [0.15, 0.2) is 5.78 Å². The number of carbonyl (C=O) groups excluding carboxylic acids is 1. The van der Waals surface area contributed by atoms with Gasteiger partial charge in [0.05, 0.1) is 6.61 Å². The van der Waals surface area contributed by atoms with Crippen LogP contribution >= 0.6 is 0 Å². The molecule has 2 N–H and O–H groups in total. The Morgan fingerprint density at radius 3 is 2.69 bits per heavy atom. The average molecular weight is 224 g/mol. The van der Waals surface area contributed by atoms with E-state index in [2.05, 4.69) is 0 Å². The third kappa shape index (κ3) is 3.32. The molecule has 0 aromatic heterocycles. The molecule has 0 aliphatic heterocycles. The minimum absolute atomic E-state index is 0.00467. The van der Waals surface area contributed by atoms with E-state index >= 15 is 0 Å². The van der Waals surface area contributed by atoms with Gasteiger partial charge in [-0.2, -0.15) is 0 Å². The second kappa shape index (κ2) is 5.63. The third-order valence-corrected chi connectivity index (χ3v) is 2.22. The van der Waals surface area contributed by atoms with Gasteiger partial charge in [-0.25, -0.2) is 0 Å². The van der Waals surface area contributed by atoms with Crippen LogP contribution in [-0.4, -0.2) is 35.3 Å². The molecule has 1 aromatic rings. The zero-order valence-corrected chi connectivity index (χ0v) is 9.43. The fraction of sp³-hybridized carbons (Fsp3) is 0.417. The number of aliphatic hydroxyl groups is 2. The summed E-state index contributed by atoms with van der Waals surface area (Å²) in [5.41, 5.74) is 1.46. The van der Waals surface area contributed by atoms with Gasteiger partial charge < -0.3 is 14.9 Å². The second-order valence-electron chi connectivity index (χ2n) is 3.68. The highest BCUT2D eigenvalue weighted by Gasteiger charge is 2.07. The van der Waals surface area contributed by atoms with E-state index in [1.165, 1.54) is 6.92 Å². The summed E-state index contributed by atoms with van der Waals surface area (Å²) in [6, 6.07) is 5.11. The molecule has 1 rings (SSSR count). The Morgan fingerprint density at radius 1 is 1.50 bits per heavy atom. The Kier molecular flexibility index (Phi) is 4.46. The molecular weight excluding hydrogens is 208 g/mol. The van der Waals surface area contributed by atoms with Crippen LogP contribution in [0.25, 0.3) is 0 Å². The van der Waals surface area contributed by atoms with Crippen LogP contribution in [0.2, 0.25) is 0 Å². The van der Waals surface area contributed by atoms with Crippen LogP contribution < -0.4 is 4.74 Å². The van der Waals surface area contributed by atoms with Crippen LogP contribution in [0, 0.1) is 6.92 Å². The molecule has 0 aliphatic rings. The first kappa shape index (κ1) is 12.7. The maximum Gasteiger partial charge on any atom is 0.159 e. The van der Waals surface area contributed by atoms with Gasteiger partial charge in [-0.05, 0) is 37.6 Å². The van der Waals surface area contributed by atoms with Gasteiger partial charge in [0.1, 0.15) is 18.5 Å². The topological polar surface area (TPSA) is 66.8 Å². The predicted molar refractivity (Wildman–Crippen MR) is 59.8 cm³/mol. The van der Waals surface area contributed by atoms with Crippen molar-refractivity contribution in [3.8, 4) is 5.75 Å². The van der Waals surface area contributed by atoms with Crippen molar-refractivity contribution in [2.75, 3.05) is 13.2 Å². The smallest absolute Gasteiger partial charge is 0.159 e. The van der Waals surface area contributed by atoms with E-state index in [1.54, 1.807) is 18.2 Å². The number of benzene rings is 1. The number of aliphatic hydroxyl groups excluding tert-OH is 2. The molecule has 0 saturated carbocycles. The number of aryl methyl sites for hydroxylation is 1. The number of ether oxygens (including phenoxy) is 1. The molecule has 0 bridgehead atoms. The predicted octanol–water partition coefficient (Wildman–Crippen LogP) is 0.930. The molecule has 0 radical (unpaired) electrons. The molecule has 88 valence electrons. The Bertz CT molecular complexity index is 373. The molecule has 0 heterocycles. The summed E-state index contributed by atoms with van der Waals surface area (Å²) < 4.78 is 5.30. The first-order valence-corrected chi connectivity index (χ1v) is 5.08. The van der Waals surface area contributed by atoms with Gasteiger partial charge in [-0.3, -0.25) is 4.79 Å². The quantitative estimate of drug-likeness (QED) is 0.730. The summed E-state index contributed by atoms with van der Waals surface area (Å²) in [5.74, 6) is 0.613. The first-order valence-electron chi connectivity index (χ1n) is 5.08. The molecule has 0 aliphatic carbocycles. The zero-order chi connectivity index (χ0) is 12.1. The highest BCUT2D eigenvalue weighted by atomic mass is 16.5. The van der Waals surface area contributed by atoms with Crippen molar-refractivity contribution in [3.63, 3.8) is 0 Å². The van der Waals surface area contributed by atoms with Crippen LogP contribution in [-0.2, 0) is 0 Å². The number of hydrogen-bond acceptors (Lipinski definition) is 4. The molecule has 1 aromatic carbocycles. The molecule has 0 saturated heterocycles. The van der Waals surface area contributed by atoms with E-state index < -0.39 is 6.10 Å². The van der Waals surface area contributed by atoms with Crippen LogP contribution in [0.3, 0.4) is 0 Å². The maximum absolute atomic E-state index is 11.1. The van der Waals surface area contributed by atoms with Gasteiger partial charge in [-0.15, -0.1) is 0 Å². The van der Waals surface area contributed by atoms with E-state index in [4.69, 9.17) is 14.9 Å². The third-order valence-electron chi connectivity index (χ3n) is 2.22. The lowest BCUT2D eigenvalue weighted by molar-refractivity contribution is 0.0534. The van der Waals surface area contributed by atoms with Crippen molar-refractivity contribution < 1.29 is 19.7 Å². The van der Waals surface area contributed by atoms with Gasteiger partial charge in [0, 0.05) is 5.56 Å². The molecular formula is C12H16O4. The van der Waals surface area contributed by atoms with Crippen molar-refractivity contribution in [1.29, 1.82) is 0 Å². The number of carbonyl (C=O) groups is 1. The van der Waals surface area contributed by atoms with Crippen LogP contribution in [0.15, 0.2) is 18.2 Å². The number of hydrogen-bond donors (Lipinski definition) is 2. The second-order valence-corrected chi connectivity index (χ2v) is 3.68. The molecule has 1 atom stereocenters. The summed E-state index contributed by atoms with van der Waals surface area (Å²) in [4.78, 5) is 11.1. The Labute approximate surface area is 94.5 Å². The molecule has 0 fully saturated rings. The van der Waals surface area contributed by atoms with Gasteiger partial charge in [0.2, 0.25) is 0 Å². The van der Waals surface area contributed by atoms with E-state index in [9.17, 15) is 4.79 Å². The maximum atomic E-state index is 11.1. The summed E-state index contributed by atoms with van der Waals surface area (Å²) in [7, 11) is 0. The van der Waals surface area contributed by atoms with Crippen molar-refractivity contribution in [3.05, 3.63) is 29.3 Å². The highest BCUT2D eigenvalue weighted by Crippen LogP contribution is 2.19. The number of ketones is 1. The number of rotatable bonds is 5. The standard InChI is InChI=1S/C12H16O4/c1-8-5-10(9(2)14)3-4-12(8)16-7-11(15)6-13/h3-5,11,13,15H,6-7H2,1-2H3. The Morgan fingerprint density at radius 2 is 2.19 bits per heavy atom. The monoisotopic (exact) mass is 224 g/mol. The van der Waals surface area contributed by atoms with Crippen molar-refractivity contribution in [2.45, 2.75) is 20.0 Å². The molecule has 1 unspecified atom stereocenters. The van der Waals surface area contributed by atoms with E-state index in [-0.39, 0.29) is 19.0 Å². The average Bonchev–Trinajstić information content (AvgIpc) is 2.26. The lowest BCUT2D eigenvalue weighted by atomic mass is 10.1.